The Morgan fingerprint density at radius 1 is 1.31 bits per heavy atom. The molecular formula is C11H6N2O2S. The molecule has 0 bridgehead atoms. The Balaban J connectivity index is 2.68. The summed E-state index contributed by atoms with van der Waals surface area (Å²) in [6, 6.07) is 10.9. The first kappa shape index (κ1) is 10.3. The van der Waals surface area contributed by atoms with Crippen LogP contribution in [-0.2, 0) is 0 Å². The molecule has 0 aliphatic heterocycles. The van der Waals surface area contributed by atoms with E-state index in [1.807, 2.05) is 12.1 Å². The zero-order valence-corrected chi connectivity index (χ0v) is 8.90. The summed E-state index contributed by atoms with van der Waals surface area (Å²) in [5.74, 6) is 0. The van der Waals surface area contributed by atoms with Gasteiger partial charge in [0.1, 0.15) is 6.07 Å². The molecule has 0 amide bonds. The molecule has 16 heavy (non-hydrogen) atoms. The number of benzene rings is 1. The van der Waals surface area contributed by atoms with Crippen LogP contribution in [0, 0.1) is 21.4 Å². The summed E-state index contributed by atoms with van der Waals surface area (Å²) < 4.78 is 0. The second-order valence-electron chi connectivity index (χ2n) is 3.06. The second kappa shape index (κ2) is 4.13. The van der Waals surface area contributed by atoms with Crippen LogP contribution in [0.1, 0.15) is 5.56 Å². The van der Waals surface area contributed by atoms with Gasteiger partial charge in [-0.15, -0.1) is 0 Å². The number of thiophene rings is 1. The molecule has 1 aromatic heterocycles. The molecule has 1 heterocycles. The van der Waals surface area contributed by atoms with E-state index < -0.39 is 4.92 Å². The summed E-state index contributed by atoms with van der Waals surface area (Å²) in [4.78, 5) is 10.4. The molecule has 0 aliphatic rings. The summed E-state index contributed by atoms with van der Waals surface area (Å²) in [5, 5.41) is 21.3. The van der Waals surface area contributed by atoms with Crippen molar-refractivity contribution in [2.45, 2.75) is 0 Å². The van der Waals surface area contributed by atoms with Crippen molar-refractivity contribution in [1.29, 1.82) is 5.26 Å². The molecule has 0 aliphatic carbocycles. The molecular weight excluding hydrogens is 224 g/mol. The van der Waals surface area contributed by atoms with Gasteiger partial charge in [0, 0.05) is 5.38 Å². The van der Waals surface area contributed by atoms with Gasteiger partial charge in [0.2, 0.25) is 0 Å². The van der Waals surface area contributed by atoms with Crippen LogP contribution in [0.15, 0.2) is 35.7 Å². The Morgan fingerprint density at radius 3 is 2.56 bits per heavy atom. The summed E-state index contributed by atoms with van der Waals surface area (Å²) in [5.41, 5.74) is 1.47. The first-order valence-corrected chi connectivity index (χ1v) is 5.33. The molecule has 5 heteroatoms. The molecule has 0 saturated carbocycles. The highest BCUT2D eigenvalue weighted by molar-refractivity contribution is 7.14. The van der Waals surface area contributed by atoms with E-state index in [9.17, 15) is 10.1 Å². The summed E-state index contributed by atoms with van der Waals surface area (Å²) in [6.45, 7) is 0. The fraction of sp³-hybridized carbons (Fsp3) is 0. The highest BCUT2D eigenvalue weighted by Gasteiger charge is 2.22. The third-order valence-corrected chi connectivity index (χ3v) is 3.05. The van der Waals surface area contributed by atoms with Crippen LogP contribution < -0.4 is 0 Å². The first-order chi connectivity index (χ1) is 7.74. The third-order valence-electron chi connectivity index (χ3n) is 2.12. The zero-order chi connectivity index (χ0) is 11.5. The van der Waals surface area contributed by atoms with Crippen molar-refractivity contribution in [1.82, 2.24) is 0 Å². The Kier molecular flexibility index (Phi) is 2.66. The molecule has 0 saturated heterocycles. The lowest BCUT2D eigenvalue weighted by atomic mass is 10.0. The normalized spacial score (nSPS) is 9.69. The van der Waals surface area contributed by atoms with E-state index in [0.717, 1.165) is 11.3 Å². The van der Waals surface area contributed by atoms with Crippen molar-refractivity contribution >= 4 is 16.3 Å². The summed E-state index contributed by atoms with van der Waals surface area (Å²) >= 11 is 0.982. The average molecular weight is 230 g/mol. The van der Waals surface area contributed by atoms with E-state index in [4.69, 9.17) is 5.26 Å². The largest absolute Gasteiger partial charge is 0.333 e. The molecule has 0 unspecified atom stereocenters. The number of hydrogen-bond donors (Lipinski definition) is 0. The smallest absolute Gasteiger partial charge is 0.258 e. The van der Waals surface area contributed by atoms with Gasteiger partial charge < -0.3 is 0 Å². The van der Waals surface area contributed by atoms with Crippen molar-refractivity contribution in [2.75, 3.05) is 0 Å². The van der Waals surface area contributed by atoms with Crippen LogP contribution >= 0.6 is 11.3 Å². The second-order valence-corrected chi connectivity index (χ2v) is 3.92. The van der Waals surface area contributed by atoms with Crippen LogP contribution in [0.3, 0.4) is 0 Å². The number of nitriles is 1. The molecule has 0 radical (unpaired) electrons. The van der Waals surface area contributed by atoms with E-state index in [1.165, 1.54) is 5.38 Å². The highest BCUT2D eigenvalue weighted by Crippen LogP contribution is 2.38. The number of nitro groups is 1. The maximum Gasteiger partial charge on any atom is 0.333 e. The van der Waals surface area contributed by atoms with Crippen molar-refractivity contribution in [3.8, 4) is 17.2 Å². The molecule has 4 nitrogen and oxygen atoms in total. The fourth-order valence-corrected chi connectivity index (χ4v) is 2.28. The van der Waals surface area contributed by atoms with Crippen molar-refractivity contribution in [3.05, 3.63) is 51.4 Å². The molecule has 0 spiro atoms. The summed E-state index contributed by atoms with van der Waals surface area (Å²) in [6.07, 6.45) is 0. The molecule has 0 atom stereocenters. The van der Waals surface area contributed by atoms with Crippen LogP contribution in [0.25, 0.3) is 11.1 Å². The van der Waals surface area contributed by atoms with Crippen molar-refractivity contribution in [2.24, 2.45) is 0 Å². The van der Waals surface area contributed by atoms with Gasteiger partial charge in [-0.25, -0.2) is 0 Å². The number of rotatable bonds is 2. The van der Waals surface area contributed by atoms with E-state index in [-0.39, 0.29) is 5.00 Å². The van der Waals surface area contributed by atoms with E-state index in [0.29, 0.717) is 16.7 Å². The Bertz CT molecular complexity index is 569. The average Bonchev–Trinajstić information content (AvgIpc) is 2.73. The van der Waals surface area contributed by atoms with Gasteiger partial charge in [0.05, 0.1) is 16.1 Å². The van der Waals surface area contributed by atoms with Gasteiger partial charge in [-0.2, -0.15) is 5.26 Å². The molecule has 1 aromatic carbocycles. The Labute approximate surface area is 95.5 Å². The minimum atomic E-state index is -0.451. The minimum absolute atomic E-state index is 0.0164. The van der Waals surface area contributed by atoms with E-state index in [2.05, 4.69) is 0 Å². The van der Waals surface area contributed by atoms with Crippen LogP contribution in [-0.4, -0.2) is 4.92 Å². The lowest BCUT2D eigenvalue weighted by Crippen LogP contribution is -1.88. The molecule has 2 rings (SSSR count). The lowest BCUT2D eigenvalue weighted by molar-refractivity contribution is -0.379. The van der Waals surface area contributed by atoms with Gasteiger partial charge in [0.25, 0.3) is 0 Å². The van der Waals surface area contributed by atoms with Gasteiger partial charge in [0.15, 0.2) is 0 Å². The lowest BCUT2D eigenvalue weighted by Gasteiger charge is -1.98. The zero-order valence-electron chi connectivity index (χ0n) is 8.08. The van der Waals surface area contributed by atoms with Gasteiger partial charge >= 0.3 is 5.00 Å². The Hall–Kier alpha value is -2.19. The van der Waals surface area contributed by atoms with E-state index in [1.54, 1.807) is 24.3 Å². The molecule has 78 valence electrons. The van der Waals surface area contributed by atoms with Crippen molar-refractivity contribution < 1.29 is 4.92 Å². The third kappa shape index (κ3) is 1.66. The Morgan fingerprint density at radius 2 is 2.00 bits per heavy atom. The predicted molar refractivity (Wildman–Crippen MR) is 61.1 cm³/mol. The van der Waals surface area contributed by atoms with Gasteiger partial charge in [-0.1, -0.05) is 41.7 Å². The molecule has 0 fully saturated rings. The van der Waals surface area contributed by atoms with Crippen LogP contribution in [0.4, 0.5) is 5.00 Å². The maximum atomic E-state index is 10.8. The first-order valence-electron chi connectivity index (χ1n) is 4.45. The summed E-state index contributed by atoms with van der Waals surface area (Å²) in [7, 11) is 0. The van der Waals surface area contributed by atoms with Crippen molar-refractivity contribution in [3.63, 3.8) is 0 Å². The quantitative estimate of drug-likeness (QED) is 0.587. The SMILES string of the molecule is N#Cc1csc([N+](=O)[O-])c1-c1ccccc1. The van der Waals surface area contributed by atoms with Gasteiger partial charge in [-0.05, 0) is 5.56 Å². The monoisotopic (exact) mass is 230 g/mol. The standard InChI is InChI=1S/C11H6N2O2S/c12-6-9-7-16-11(13(14)15)10(9)8-4-2-1-3-5-8/h1-5,7H. The molecule has 2 aromatic rings. The van der Waals surface area contributed by atoms with E-state index >= 15 is 0 Å². The molecule has 0 N–H and O–H groups in total. The minimum Gasteiger partial charge on any atom is -0.258 e. The fourth-order valence-electron chi connectivity index (χ4n) is 1.45. The number of nitrogens with zero attached hydrogens (tertiary/aromatic N) is 2. The van der Waals surface area contributed by atoms with Crippen LogP contribution in [0.2, 0.25) is 0 Å². The predicted octanol–water partition coefficient (Wildman–Crippen LogP) is 3.19. The van der Waals surface area contributed by atoms with Gasteiger partial charge in [-0.3, -0.25) is 10.1 Å². The maximum absolute atomic E-state index is 10.8. The van der Waals surface area contributed by atoms with Crippen LogP contribution in [0.5, 0.6) is 0 Å². The highest BCUT2D eigenvalue weighted by atomic mass is 32.1. The number of hydrogen-bond acceptors (Lipinski definition) is 4. The topological polar surface area (TPSA) is 66.9 Å².